The molecule has 0 saturated carbocycles. The van der Waals surface area contributed by atoms with Crippen LogP contribution in [0.15, 0.2) is 41.3 Å². The van der Waals surface area contributed by atoms with E-state index in [1.54, 1.807) is 51.1 Å². The lowest BCUT2D eigenvalue weighted by molar-refractivity contribution is -0.139. The van der Waals surface area contributed by atoms with Gasteiger partial charge in [0, 0.05) is 6.54 Å². The Hall–Kier alpha value is -3.80. The Bertz CT molecular complexity index is 1200. The van der Waals surface area contributed by atoms with Gasteiger partial charge in [0.2, 0.25) is 5.96 Å². The molecule has 2 rings (SSSR count). The molecule has 2 aromatic carbocycles. The molecule has 0 spiro atoms. The normalized spacial score (nSPS) is 11.8. The highest BCUT2D eigenvalue weighted by molar-refractivity contribution is 7.90. The molecule has 12 heteroatoms. The minimum atomic E-state index is -4.04. The van der Waals surface area contributed by atoms with Crippen LogP contribution in [-0.2, 0) is 26.2 Å². The first-order chi connectivity index (χ1) is 17.0. The number of guanidine groups is 1. The highest BCUT2D eigenvalue weighted by Gasteiger charge is 2.24. The summed E-state index contributed by atoms with van der Waals surface area (Å²) in [4.78, 5) is 23.5. The summed E-state index contributed by atoms with van der Waals surface area (Å²) in [6.45, 7) is 5.17. The van der Waals surface area contributed by atoms with Crippen LogP contribution in [0.5, 0.6) is 5.75 Å². The van der Waals surface area contributed by atoms with Crippen molar-refractivity contribution in [1.29, 1.82) is 5.41 Å². The number of ether oxygens (including phenoxy) is 2. The van der Waals surface area contributed by atoms with Crippen molar-refractivity contribution in [3.05, 3.63) is 58.7 Å². The number of aliphatic carboxylic acids is 1. The quantitative estimate of drug-likeness (QED) is 0.171. The van der Waals surface area contributed by atoms with Crippen LogP contribution in [0.4, 0.5) is 4.79 Å². The zero-order valence-corrected chi connectivity index (χ0v) is 21.5. The van der Waals surface area contributed by atoms with E-state index in [9.17, 15) is 23.1 Å². The Labute approximate surface area is 210 Å². The van der Waals surface area contributed by atoms with Crippen molar-refractivity contribution < 1.29 is 32.6 Å². The molecule has 0 radical (unpaired) electrons. The number of methoxy groups -OCH3 is 1. The zero-order valence-electron chi connectivity index (χ0n) is 20.7. The fourth-order valence-electron chi connectivity index (χ4n) is 3.55. The Kier molecular flexibility index (Phi) is 10.1. The van der Waals surface area contributed by atoms with Gasteiger partial charge in [-0.1, -0.05) is 30.3 Å². The standard InChI is InChI=1S/C24H32N4O7S/c1-15-13-20(34-4)16(2)17(3)21(15)36(32,33)28-23(25)26-12-8-11-19(22(29)30)27-24(31)35-14-18-9-6-5-7-10-18/h5-7,9-10,13,19H,8,11-12,14H2,1-4H3,(H,27,31)(H,29,30)(H3,25,26,28)/t19-/m1/s1. The number of rotatable bonds is 11. The predicted molar refractivity (Wildman–Crippen MR) is 134 cm³/mol. The molecule has 5 N–H and O–H groups in total. The maximum atomic E-state index is 12.9. The third kappa shape index (κ3) is 7.87. The Morgan fingerprint density at radius 2 is 1.78 bits per heavy atom. The minimum absolute atomic E-state index is 0.00451. The van der Waals surface area contributed by atoms with Gasteiger partial charge in [-0.05, 0) is 61.9 Å². The second kappa shape index (κ2) is 12.8. The van der Waals surface area contributed by atoms with Crippen molar-refractivity contribution in [3.8, 4) is 5.75 Å². The monoisotopic (exact) mass is 520 g/mol. The number of hydrogen-bond donors (Lipinski definition) is 5. The summed E-state index contributed by atoms with van der Waals surface area (Å²) >= 11 is 0. The van der Waals surface area contributed by atoms with Crippen molar-refractivity contribution in [2.45, 2.75) is 51.2 Å². The lowest BCUT2D eigenvalue weighted by atomic mass is 10.1. The SMILES string of the molecule is COc1cc(C)c(S(=O)(=O)NC(=N)NCCC[C@@H](NC(=O)OCc2ccccc2)C(=O)O)c(C)c1C. The lowest BCUT2D eigenvalue weighted by Gasteiger charge is -2.18. The average molecular weight is 521 g/mol. The van der Waals surface area contributed by atoms with Gasteiger partial charge in [-0.15, -0.1) is 0 Å². The highest BCUT2D eigenvalue weighted by atomic mass is 32.2. The molecule has 1 amide bonds. The highest BCUT2D eigenvalue weighted by Crippen LogP contribution is 2.30. The van der Waals surface area contributed by atoms with Crippen LogP contribution in [0.1, 0.15) is 35.1 Å². The number of amides is 1. The van der Waals surface area contributed by atoms with Crippen LogP contribution in [0.2, 0.25) is 0 Å². The first kappa shape index (κ1) is 28.4. The smallest absolute Gasteiger partial charge is 0.408 e. The van der Waals surface area contributed by atoms with E-state index in [2.05, 4.69) is 15.4 Å². The molecule has 2 aromatic rings. The number of carboxylic acid groups (broad SMARTS) is 1. The summed E-state index contributed by atoms with van der Waals surface area (Å²) < 4.78 is 38.3. The van der Waals surface area contributed by atoms with Crippen LogP contribution in [0.25, 0.3) is 0 Å². The Morgan fingerprint density at radius 3 is 2.39 bits per heavy atom. The number of carbonyl (C=O) groups is 2. The van der Waals surface area contributed by atoms with Crippen molar-refractivity contribution in [1.82, 2.24) is 15.4 Å². The van der Waals surface area contributed by atoms with Crippen LogP contribution in [0.3, 0.4) is 0 Å². The lowest BCUT2D eigenvalue weighted by Crippen LogP contribution is -2.43. The molecule has 0 aliphatic carbocycles. The molecule has 0 aliphatic heterocycles. The molecule has 1 atom stereocenters. The van der Waals surface area contributed by atoms with E-state index in [-0.39, 0.29) is 30.9 Å². The molecule has 36 heavy (non-hydrogen) atoms. The number of sulfonamides is 1. The van der Waals surface area contributed by atoms with E-state index >= 15 is 0 Å². The molecular weight excluding hydrogens is 488 g/mol. The molecule has 0 saturated heterocycles. The van der Waals surface area contributed by atoms with Gasteiger partial charge < -0.3 is 25.2 Å². The van der Waals surface area contributed by atoms with Crippen LogP contribution in [0, 0.1) is 26.2 Å². The van der Waals surface area contributed by atoms with Crippen LogP contribution < -0.4 is 20.1 Å². The van der Waals surface area contributed by atoms with E-state index in [0.29, 0.717) is 22.4 Å². The number of carbonyl (C=O) groups excluding carboxylic acids is 1. The van der Waals surface area contributed by atoms with Gasteiger partial charge in [-0.25, -0.2) is 22.7 Å². The number of carboxylic acids is 1. The first-order valence-corrected chi connectivity index (χ1v) is 12.6. The number of aryl methyl sites for hydroxylation is 1. The van der Waals surface area contributed by atoms with Gasteiger partial charge in [-0.2, -0.15) is 0 Å². The first-order valence-electron chi connectivity index (χ1n) is 11.2. The van der Waals surface area contributed by atoms with Crippen molar-refractivity contribution >= 4 is 28.0 Å². The molecule has 196 valence electrons. The zero-order chi connectivity index (χ0) is 26.9. The Morgan fingerprint density at radius 1 is 1.11 bits per heavy atom. The summed E-state index contributed by atoms with van der Waals surface area (Å²) in [5.41, 5.74) is 2.43. The predicted octanol–water partition coefficient (Wildman–Crippen LogP) is 2.58. The van der Waals surface area contributed by atoms with Crippen molar-refractivity contribution in [2.24, 2.45) is 0 Å². The van der Waals surface area contributed by atoms with Crippen molar-refractivity contribution in [3.63, 3.8) is 0 Å². The second-order valence-electron chi connectivity index (χ2n) is 8.12. The van der Waals surface area contributed by atoms with E-state index < -0.39 is 34.1 Å². The molecule has 11 nitrogen and oxygen atoms in total. The van der Waals surface area contributed by atoms with Gasteiger partial charge in [0.1, 0.15) is 18.4 Å². The average Bonchev–Trinajstić information content (AvgIpc) is 2.82. The number of hydrogen-bond acceptors (Lipinski definition) is 7. The summed E-state index contributed by atoms with van der Waals surface area (Å²) in [5.74, 6) is -1.12. The number of benzene rings is 2. The van der Waals surface area contributed by atoms with Gasteiger partial charge in [0.15, 0.2) is 0 Å². The number of alkyl carbamates (subject to hydrolysis) is 1. The third-order valence-electron chi connectivity index (χ3n) is 5.48. The van der Waals surface area contributed by atoms with E-state index in [0.717, 1.165) is 5.56 Å². The van der Waals surface area contributed by atoms with E-state index in [1.807, 2.05) is 6.07 Å². The molecular formula is C24H32N4O7S. The van der Waals surface area contributed by atoms with Gasteiger partial charge in [0.05, 0.1) is 12.0 Å². The molecule has 0 unspecified atom stereocenters. The molecule has 0 aromatic heterocycles. The molecule has 0 aliphatic rings. The van der Waals surface area contributed by atoms with Gasteiger partial charge in [0.25, 0.3) is 10.0 Å². The molecule has 0 bridgehead atoms. The van der Waals surface area contributed by atoms with Crippen molar-refractivity contribution in [2.75, 3.05) is 13.7 Å². The van der Waals surface area contributed by atoms with E-state index in [4.69, 9.17) is 14.9 Å². The summed E-state index contributed by atoms with van der Waals surface area (Å²) in [6.07, 6.45) is -0.585. The summed E-state index contributed by atoms with van der Waals surface area (Å²) in [6, 6.07) is 9.38. The van der Waals surface area contributed by atoms with Gasteiger partial charge >= 0.3 is 12.1 Å². The molecule has 0 fully saturated rings. The minimum Gasteiger partial charge on any atom is -0.496 e. The topological polar surface area (TPSA) is 167 Å². The fraction of sp³-hybridized carbons (Fsp3) is 0.375. The van der Waals surface area contributed by atoms with Crippen LogP contribution >= 0.6 is 0 Å². The maximum absolute atomic E-state index is 12.9. The van der Waals surface area contributed by atoms with Gasteiger partial charge in [-0.3, -0.25) is 5.41 Å². The second-order valence-corrected chi connectivity index (χ2v) is 9.74. The molecule has 0 heterocycles. The largest absolute Gasteiger partial charge is 0.496 e. The maximum Gasteiger partial charge on any atom is 0.408 e. The fourth-order valence-corrected chi connectivity index (χ4v) is 5.03. The van der Waals surface area contributed by atoms with Crippen LogP contribution in [-0.4, -0.2) is 51.2 Å². The Balaban J connectivity index is 1.85. The summed E-state index contributed by atoms with van der Waals surface area (Å²) in [7, 11) is -2.54. The van der Waals surface area contributed by atoms with E-state index in [1.165, 1.54) is 7.11 Å². The number of nitrogens with one attached hydrogen (secondary N) is 4. The third-order valence-corrected chi connectivity index (χ3v) is 7.12. The summed E-state index contributed by atoms with van der Waals surface area (Å²) in [5, 5.41) is 22.2.